The topological polar surface area (TPSA) is 116 Å². The van der Waals surface area contributed by atoms with Gasteiger partial charge in [0.2, 0.25) is 0 Å². The predicted molar refractivity (Wildman–Crippen MR) is 157 cm³/mol. The molecule has 1 aliphatic rings. The van der Waals surface area contributed by atoms with Crippen LogP contribution in [0, 0.1) is 6.85 Å². The van der Waals surface area contributed by atoms with Gasteiger partial charge in [-0.15, -0.1) is 0 Å². The van der Waals surface area contributed by atoms with E-state index >= 15 is 0 Å². The Kier molecular flexibility index (Phi) is 5.38. The first-order valence-corrected chi connectivity index (χ1v) is 14.2. The van der Waals surface area contributed by atoms with E-state index in [1.165, 1.54) is 43.5 Å². The van der Waals surface area contributed by atoms with Crippen LogP contribution in [0.15, 0.2) is 71.8 Å². The molecule has 1 aliphatic carbocycles. The highest BCUT2D eigenvalue weighted by molar-refractivity contribution is 7.90. The lowest BCUT2D eigenvalue weighted by Gasteiger charge is -2.13. The van der Waals surface area contributed by atoms with Crippen molar-refractivity contribution in [2.45, 2.75) is 49.9 Å². The maximum Gasteiger partial charge on any atom is 0.411 e. The molecule has 1 fully saturated rings. The number of fused-ring (bicyclic) bond motifs is 1. The molecular formula is C31H33N3O6S. The lowest BCUT2D eigenvalue weighted by molar-refractivity contribution is 0.0980. The van der Waals surface area contributed by atoms with E-state index in [9.17, 15) is 18.0 Å². The lowest BCUT2D eigenvalue weighted by Crippen LogP contribution is -2.31. The number of anilines is 1. The van der Waals surface area contributed by atoms with Crippen molar-refractivity contribution in [2.24, 2.45) is 6.98 Å². The Morgan fingerprint density at radius 2 is 1.90 bits per heavy atom. The summed E-state index contributed by atoms with van der Waals surface area (Å²) in [5.74, 6) is -1.34. The van der Waals surface area contributed by atoms with Gasteiger partial charge in [-0.3, -0.25) is 10.1 Å². The molecular weight excluding hydrogens is 542 g/mol. The summed E-state index contributed by atoms with van der Waals surface area (Å²) < 4.78 is 113. The van der Waals surface area contributed by atoms with Crippen molar-refractivity contribution in [1.82, 2.24) is 9.29 Å². The largest absolute Gasteiger partial charge is 0.496 e. The average molecular weight is 585 g/mol. The Balaban J connectivity index is 1.50. The van der Waals surface area contributed by atoms with Crippen LogP contribution < -0.4 is 14.8 Å². The summed E-state index contributed by atoms with van der Waals surface area (Å²) in [7, 11) is -3.46. The standard InChI is InChI=1S/C31H33N3O6S/c1-20-8-4-7-11-29(20)41(37,38)33-30(35)22-13-12-21(28(17-22)39-3)16-23-19-34(2)27-15-14-24(18-26(23)27)32-31(36)40-25-9-5-6-10-25/h4,7-8,11-15,17-19,25H,5-6,9-10,16H2,1-3H3,(H,32,36)(H,33,35)/i1D3,2D3,16D2,25D. The summed E-state index contributed by atoms with van der Waals surface area (Å²) >= 11 is 0. The summed E-state index contributed by atoms with van der Waals surface area (Å²) in [6, 6.07) is 12.5. The van der Waals surface area contributed by atoms with Gasteiger partial charge in [0, 0.05) is 52.7 Å². The van der Waals surface area contributed by atoms with Gasteiger partial charge < -0.3 is 14.0 Å². The molecule has 2 N–H and O–H groups in total. The maximum absolute atomic E-state index is 13.1. The van der Waals surface area contributed by atoms with E-state index in [1.54, 1.807) is 0 Å². The summed E-state index contributed by atoms with van der Waals surface area (Å²) in [6.07, 6.45) is -1.34. The highest BCUT2D eigenvalue weighted by Gasteiger charge is 2.22. The van der Waals surface area contributed by atoms with Gasteiger partial charge in [0.15, 0.2) is 0 Å². The molecule has 0 atom stereocenters. The summed E-state index contributed by atoms with van der Waals surface area (Å²) in [4.78, 5) is 25.2. The number of benzene rings is 3. The molecule has 5 rings (SSSR count). The minimum absolute atomic E-state index is 0.119. The Morgan fingerprint density at radius 1 is 1.10 bits per heavy atom. The molecule has 2 amide bonds. The van der Waals surface area contributed by atoms with Crippen LogP contribution in [0.25, 0.3) is 10.9 Å². The lowest BCUT2D eigenvalue weighted by atomic mass is 10.0. The number of amides is 2. The number of ether oxygens (including phenoxy) is 2. The molecule has 0 aliphatic heterocycles. The smallest absolute Gasteiger partial charge is 0.411 e. The van der Waals surface area contributed by atoms with Crippen molar-refractivity contribution < 1.29 is 39.8 Å². The molecule has 1 heterocycles. The van der Waals surface area contributed by atoms with E-state index in [-0.39, 0.29) is 39.0 Å². The number of aromatic nitrogens is 1. The van der Waals surface area contributed by atoms with Crippen molar-refractivity contribution >= 4 is 38.6 Å². The van der Waals surface area contributed by atoms with Crippen molar-refractivity contribution in [3.63, 3.8) is 0 Å². The molecule has 0 spiro atoms. The third-order valence-electron chi connectivity index (χ3n) is 6.59. The average Bonchev–Trinajstić information content (AvgIpc) is 3.63. The Morgan fingerprint density at radius 3 is 2.66 bits per heavy atom. The number of sulfonamides is 1. The van der Waals surface area contributed by atoms with Crippen LogP contribution in [-0.4, -0.2) is 38.2 Å². The highest BCUT2D eigenvalue weighted by atomic mass is 32.2. The first kappa shape index (κ1) is 18.9. The Bertz CT molecular complexity index is 2070. The van der Waals surface area contributed by atoms with Gasteiger partial charge in [0.25, 0.3) is 15.9 Å². The fraction of sp³-hybridized carbons (Fsp3) is 0.290. The fourth-order valence-electron chi connectivity index (χ4n) is 4.57. The molecule has 41 heavy (non-hydrogen) atoms. The number of nitrogens with zero attached hydrogens (tertiary/aromatic N) is 1. The number of carbonyl (C=O) groups is 2. The van der Waals surface area contributed by atoms with E-state index in [0.29, 0.717) is 12.8 Å². The van der Waals surface area contributed by atoms with Gasteiger partial charge in [0.1, 0.15) is 11.8 Å². The number of hydrogen-bond donors (Lipinski definition) is 2. The third kappa shape index (κ3) is 6.22. The number of rotatable bonds is 8. The SMILES string of the molecule is [2H]C1(OC(=O)Nc2ccc3c(c2)c(C([2H])([2H])c2ccc(C(=O)NS(=O)(=O)c4ccccc4C([2H])([2H])[2H])cc2OC)cn3C([2H])([2H])[2H])CCCC1. The van der Waals surface area contributed by atoms with Crippen LogP contribution in [0.3, 0.4) is 0 Å². The van der Waals surface area contributed by atoms with Crippen molar-refractivity contribution in [3.05, 3.63) is 89.1 Å². The van der Waals surface area contributed by atoms with E-state index in [1.807, 2.05) is 4.72 Å². The number of nitrogens with one attached hydrogen (secondary N) is 2. The van der Waals surface area contributed by atoms with Gasteiger partial charge in [-0.2, -0.15) is 0 Å². The van der Waals surface area contributed by atoms with E-state index in [0.717, 1.165) is 47.9 Å². The number of aryl methyl sites for hydroxylation is 2. The third-order valence-corrected chi connectivity index (χ3v) is 7.97. The fourth-order valence-corrected chi connectivity index (χ4v) is 5.66. The van der Waals surface area contributed by atoms with Crippen molar-refractivity contribution in [2.75, 3.05) is 12.4 Å². The first-order chi connectivity index (χ1) is 23.2. The minimum Gasteiger partial charge on any atom is -0.496 e. The molecule has 0 radical (unpaired) electrons. The molecule has 1 saturated carbocycles. The van der Waals surface area contributed by atoms with Crippen LogP contribution in [-0.2, 0) is 28.1 Å². The van der Waals surface area contributed by atoms with Crippen LogP contribution in [0.1, 0.15) is 65.1 Å². The van der Waals surface area contributed by atoms with Gasteiger partial charge >= 0.3 is 6.09 Å². The molecule has 10 heteroatoms. The van der Waals surface area contributed by atoms with Crippen LogP contribution >= 0.6 is 0 Å². The predicted octanol–water partition coefficient (Wildman–Crippen LogP) is 5.70. The molecule has 4 aromatic rings. The monoisotopic (exact) mass is 584 g/mol. The molecule has 1 aromatic heterocycles. The highest BCUT2D eigenvalue weighted by Crippen LogP contribution is 2.30. The molecule has 0 saturated heterocycles. The Labute approximate surface area is 252 Å². The van der Waals surface area contributed by atoms with Crippen LogP contribution in [0.4, 0.5) is 10.5 Å². The molecule has 9 nitrogen and oxygen atoms in total. The van der Waals surface area contributed by atoms with Gasteiger partial charge in [-0.1, -0.05) is 24.3 Å². The second-order valence-corrected chi connectivity index (χ2v) is 11.0. The zero-order valence-electron chi connectivity index (χ0n) is 31.0. The summed E-state index contributed by atoms with van der Waals surface area (Å²) in [5.41, 5.74) is -0.750. The van der Waals surface area contributed by atoms with Gasteiger partial charge in [-0.05, 0) is 85.6 Å². The molecule has 214 valence electrons. The summed E-state index contributed by atoms with van der Waals surface area (Å²) in [5, 5.41) is 2.65. The maximum atomic E-state index is 13.1. The first-order valence-electron chi connectivity index (χ1n) is 17.2. The number of carbonyl (C=O) groups excluding carboxylic acids is 2. The van der Waals surface area contributed by atoms with Crippen molar-refractivity contribution in [3.8, 4) is 5.75 Å². The van der Waals surface area contributed by atoms with Crippen LogP contribution in [0.5, 0.6) is 5.75 Å². The zero-order valence-corrected chi connectivity index (χ0v) is 22.8. The van der Waals surface area contributed by atoms with E-state index in [2.05, 4.69) is 5.32 Å². The van der Waals surface area contributed by atoms with Crippen LogP contribution in [0.2, 0.25) is 0 Å². The molecule has 0 unspecified atom stereocenters. The quantitative estimate of drug-likeness (QED) is 0.275. The zero-order chi connectivity index (χ0) is 36.9. The summed E-state index contributed by atoms with van der Waals surface area (Å²) in [6.45, 7) is -5.51. The normalized spacial score (nSPS) is 18.7. The molecule has 3 aromatic carbocycles. The van der Waals surface area contributed by atoms with E-state index < -0.39 is 58.8 Å². The Hall–Kier alpha value is -4.31. The van der Waals surface area contributed by atoms with E-state index in [4.69, 9.17) is 21.8 Å². The second kappa shape index (κ2) is 11.7. The number of hydrogen-bond acceptors (Lipinski definition) is 6. The molecule has 0 bridgehead atoms. The van der Waals surface area contributed by atoms with Gasteiger partial charge in [-0.25, -0.2) is 17.9 Å². The minimum atomic E-state index is -4.66. The van der Waals surface area contributed by atoms with Gasteiger partial charge in [0.05, 0.1) is 13.4 Å². The second-order valence-electron chi connectivity index (χ2n) is 9.38. The number of methoxy groups -OCH3 is 1. The van der Waals surface area contributed by atoms with Crippen molar-refractivity contribution in [1.29, 1.82) is 0 Å².